The van der Waals surface area contributed by atoms with Crippen molar-refractivity contribution in [1.82, 2.24) is 0 Å². The molecular weight excluding hydrogens is 267 g/mol. The van der Waals surface area contributed by atoms with Gasteiger partial charge in [-0.2, -0.15) is 11.3 Å². The predicted molar refractivity (Wildman–Crippen MR) is 85.5 cm³/mol. The van der Waals surface area contributed by atoms with Crippen LogP contribution in [0.15, 0.2) is 41.1 Å². The Morgan fingerprint density at radius 1 is 0.950 bits per heavy atom. The molecule has 0 spiro atoms. The van der Waals surface area contributed by atoms with Gasteiger partial charge in [-0.25, -0.2) is 0 Å². The van der Waals surface area contributed by atoms with E-state index in [0.29, 0.717) is 0 Å². The summed E-state index contributed by atoms with van der Waals surface area (Å²) >= 11 is 1.70. The summed E-state index contributed by atoms with van der Waals surface area (Å²) in [6.07, 6.45) is 0. The van der Waals surface area contributed by atoms with E-state index < -0.39 is 0 Å². The average Bonchev–Trinajstić information content (AvgIpc) is 2.97. The van der Waals surface area contributed by atoms with Gasteiger partial charge in [-0.15, -0.1) is 0 Å². The molecule has 2 heterocycles. The second-order valence-electron chi connectivity index (χ2n) is 6.19. The van der Waals surface area contributed by atoms with E-state index >= 15 is 0 Å². The van der Waals surface area contributed by atoms with Gasteiger partial charge in [-0.05, 0) is 61.1 Å². The van der Waals surface area contributed by atoms with E-state index in [2.05, 4.69) is 62.7 Å². The third-order valence-corrected chi connectivity index (χ3v) is 4.98. The molecular formula is C16H19BO2S. The summed E-state index contributed by atoms with van der Waals surface area (Å²) in [5.74, 6) is 0. The van der Waals surface area contributed by atoms with E-state index in [1.807, 2.05) is 6.07 Å². The van der Waals surface area contributed by atoms with Gasteiger partial charge < -0.3 is 9.31 Å². The lowest BCUT2D eigenvalue weighted by Gasteiger charge is -2.32. The molecule has 0 aliphatic carbocycles. The van der Waals surface area contributed by atoms with Crippen LogP contribution in [0.3, 0.4) is 0 Å². The molecule has 0 amide bonds. The fourth-order valence-corrected chi connectivity index (χ4v) is 3.01. The molecule has 0 unspecified atom stereocenters. The second kappa shape index (κ2) is 4.73. The van der Waals surface area contributed by atoms with Gasteiger partial charge in [0.25, 0.3) is 0 Å². The minimum absolute atomic E-state index is 0.306. The third-order valence-electron chi connectivity index (χ3n) is 4.30. The van der Waals surface area contributed by atoms with E-state index in [0.717, 1.165) is 5.46 Å². The first-order chi connectivity index (χ1) is 9.41. The zero-order chi connectivity index (χ0) is 14.4. The van der Waals surface area contributed by atoms with Crippen molar-refractivity contribution in [3.05, 3.63) is 41.1 Å². The van der Waals surface area contributed by atoms with Crippen LogP contribution in [0, 0.1) is 0 Å². The minimum Gasteiger partial charge on any atom is -0.399 e. The molecule has 1 aromatic heterocycles. The molecule has 20 heavy (non-hydrogen) atoms. The molecule has 1 aliphatic heterocycles. The smallest absolute Gasteiger partial charge is 0.399 e. The monoisotopic (exact) mass is 286 g/mol. The zero-order valence-electron chi connectivity index (χ0n) is 12.3. The highest BCUT2D eigenvalue weighted by atomic mass is 32.1. The standard InChI is InChI=1S/C16H19BO2S/c1-15(2)16(3,4)19-17(18-15)14-8-6-5-7-13(14)12-9-10-20-11-12/h5-11H,1-4H3. The molecule has 0 saturated carbocycles. The molecule has 104 valence electrons. The van der Waals surface area contributed by atoms with Crippen molar-refractivity contribution in [2.24, 2.45) is 0 Å². The molecule has 4 heteroatoms. The van der Waals surface area contributed by atoms with Gasteiger partial charge in [0.15, 0.2) is 0 Å². The molecule has 1 aliphatic rings. The molecule has 0 radical (unpaired) electrons. The van der Waals surface area contributed by atoms with Crippen LogP contribution in [0.2, 0.25) is 0 Å². The summed E-state index contributed by atoms with van der Waals surface area (Å²) < 4.78 is 12.3. The van der Waals surface area contributed by atoms with Gasteiger partial charge >= 0.3 is 7.12 Å². The second-order valence-corrected chi connectivity index (χ2v) is 6.97. The minimum atomic E-state index is -0.309. The summed E-state index contributed by atoms with van der Waals surface area (Å²) in [7, 11) is -0.309. The Hall–Kier alpha value is -1.10. The first-order valence-electron chi connectivity index (χ1n) is 6.88. The van der Waals surface area contributed by atoms with Gasteiger partial charge in [0.05, 0.1) is 11.2 Å². The lowest BCUT2D eigenvalue weighted by Crippen LogP contribution is -2.41. The van der Waals surface area contributed by atoms with Gasteiger partial charge in [-0.1, -0.05) is 24.3 Å². The van der Waals surface area contributed by atoms with Crippen molar-refractivity contribution in [2.45, 2.75) is 38.9 Å². The third kappa shape index (κ3) is 2.22. The van der Waals surface area contributed by atoms with Crippen LogP contribution < -0.4 is 5.46 Å². The molecule has 0 N–H and O–H groups in total. The lowest BCUT2D eigenvalue weighted by molar-refractivity contribution is 0.00578. The van der Waals surface area contributed by atoms with Crippen LogP contribution in [-0.4, -0.2) is 18.3 Å². The molecule has 2 nitrogen and oxygen atoms in total. The maximum atomic E-state index is 6.17. The first kappa shape index (κ1) is 13.9. The van der Waals surface area contributed by atoms with Gasteiger partial charge in [-0.3, -0.25) is 0 Å². The number of benzene rings is 1. The Morgan fingerprint density at radius 3 is 2.20 bits per heavy atom. The van der Waals surface area contributed by atoms with Crippen molar-refractivity contribution in [2.75, 3.05) is 0 Å². The van der Waals surface area contributed by atoms with Crippen molar-refractivity contribution < 1.29 is 9.31 Å². The van der Waals surface area contributed by atoms with Crippen molar-refractivity contribution >= 4 is 23.9 Å². The van der Waals surface area contributed by atoms with E-state index in [4.69, 9.17) is 9.31 Å². The molecule has 2 aromatic rings. The average molecular weight is 286 g/mol. The molecule has 1 saturated heterocycles. The van der Waals surface area contributed by atoms with Crippen LogP contribution in [0.25, 0.3) is 11.1 Å². The molecule has 3 rings (SSSR count). The first-order valence-corrected chi connectivity index (χ1v) is 7.82. The summed E-state index contributed by atoms with van der Waals surface area (Å²) in [5, 5.41) is 4.25. The van der Waals surface area contributed by atoms with Gasteiger partial charge in [0, 0.05) is 0 Å². The SMILES string of the molecule is CC1(C)OB(c2ccccc2-c2ccsc2)OC1(C)C. The van der Waals surface area contributed by atoms with E-state index in [-0.39, 0.29) is 18.3 Å². The van der Waals surface area contributed by atoms with Crippen molar-refractivity contribution in [3.8, 4) is 11.1 Å². The Labute approximate surface area is 124 Å². The van der Waals surface area contributed by atoms with Crippen molar-refractivity contribution in [1.29, 1.82) is 0 Å². The predicted octanol–water partition coefficient (Wildman–Crippen LogP) is 3.71. The number of thiophene rings is 1. The highest BCUT2D eigenvalue weighted by Gasteiger charge is 2.52. The van der Waals surface area contributed by atoms with Gasteiger partial charge in [0.1, 0.15) is 0 Å². The molecule has 0 bridgehead atoms. The van der Waals surface area contributed by atoms with Crippen LogP contribution in [0.1, 0.15) is 27.7 Å². The van der Waals surface area contributed by atoms with Crippen LogP contribution in [0.4, 0.5) is 0 Å². The topological polar surface area (TPSA) is 18.5 Å². The molecule has 0 atom stereocenters. The maximum absolute atomic E-state index is 6.17. The summed E-state index contributed by atoms with van der Waals surface area (Å²) in [6, 6.07) is 10.4. The summed E-state index contributed by atoms with van der Waals surface area (Å²) in [5.41, 5.74) is 2.90. The highest BCUT2D eigenvalue weighted by molar-refractivity contribution is 7.08. The van der Waals surface area contributed by atoms with E-state index in [9.17, 15) is 0 Å². The van der Waals surface area contributed by atoms with E-state index in [1.165, 1.54) is 11.1 Å². The maximum Gasteiger partial charge on any atom is 0.495 e. The van der Waals surface area contributed by atoms with Crippen molar-refractivity contribution in [3.63, 3.8) is 0 Å². The Balaban J connectivity index is 2.01. The Kier molecular flexibility index (Phi) is 3.28. The van der Waals surface area contributed by atoms with Gasteiger partial charge in [0.2, 0.25) is 0 Å². The number of hydrogen-bond donors (Lipinski definition) is 0. The van der Waals surface area contributed by atoms with Crippen LogP contribution in [-0.2, 0) is 9.31 Å². The van der Waals surface area contributed by atoms with Crippen LogP contribution >= 0.6 is 11.3 Å². The largest absolute Gasteiger partial charge is 0.495 e. The Bertz CT molecular complexity index is 589. The normalized spacial score (nSPS) is 20.3. The Morgan fingerprint density at radius 2 is 1.60 bits per heavy atom. The fraction of sp³-hybridized carbons (Fsp3) is 0.375. The highest BCUT2D eigenvalue weighted by Crippen LogP contribution is 2.37. The molecule has 1 aromatic carbocycles. The number of hydrogen-bond acceptors (Lipinski definition) is 3. The lowest BCUT2D eigenvalue weighted by atomic mass is 9.75. The summed E-state index contributed by atoms with van der Waals surface area (Å²) in [6.45, 7) is 8.33. The number of rotatable bonds is 2. The van der Waals surface area contributed by atoms with Crippen LogP contribution in [0.5, 0.6) is 0 Å². The fourth-order valence-electron chi connectivity index (χ4n) is 2.35. The quantitative estimate of drug-likeness (QED) is 0.783. The van der Waals surface area contributed by atoms with E-state index in [1.54, 1.807) is 11.3 Å². The molecule has 1 fully saturated rings. The summed E-state index contributed by atoms with van der Waals surface area (Å²) in [4.78, 5) is 0. The zero-order valence-corrected chi connectivity index (χ0v) is 13.2.